The van der Waals surface area contributed by atoms with E-state index in [1.165, 1.54) is 0 Å². The first-order chi connectivity index (χ1) is 8.13. The molecular formula is C12H21NO4S. The number of carboxylic acid groups (broad SMARTS) is 1. The second-order valence-corrected chi connectivity index (χ2v) is 5.45. The fourth-order valence-corrected chi connectivity index (χ4v) is 1.26. The normalized spacial score (nSPS) is 12.7. The maximum atomic E-state index is 11.3. The number of carbonyl (C=O) groups is 2. The van der Waals surface area contributed by atoms with Crippen LogP contribution in [-0.4, -0.2) is 34.6 Å². The minimum atomic E-state index is -1.01. The second kappa shape index (κ2) is 7.31. The van der Waals surface area contributed by atoms with Gasteiger partial charge in [0.05, 0.1) is 0 Å². The van der Waals surface area contributed by atoms with Crippen molar-refractivity contribution < 1.29 is 19.4 Å². The van der Waals surface area contributed by atoms with Gasteiger partial charge in [-0.05, 0) is 33.6 Å². The Hall–Kier alpha value is -1.17. The quantitative estimate of drug-likeness (QED) is 0.395. The van der Waals surface area contributed by atoms with Crippen molar-refractivity contribution >= 4 is 24.7 Å². The number of carbonyl (C=O) groups excluding carboxylic acids is 1. The summed E-state index contributed by atoms with van der Waals surface area (Å²) in [6.07, 6.45) is 0.618. The van der Waals surface area contributed by atoms with E-state index in [1.807, 2.05) is 0 Å². The van der Waals surface area contributed by atoms with Gasteiger partial charge in [-0.3, -0.25) is 4.79 Å². The summed E-state index contributed by atoms with van der Waals surface area (Å²) in [6.45, 7) is 9.42. The first kappa shape index (κ1) is 16.8. The van der Waals surface area contributed by atoms with Gasteiger partial charge in [0, 0.05) is 6.54 Å². The van der Waals surface area contributed by atoms with Gasteiger partial charge in [0.15, 0.2) is 0 Å². The summed E-state index contributed by atoms with van der Waals surface area (Å²) in [7, 11) is 0. The van der Waals surface area contributed by atoms with Gasteiger partial charge in [-0.1, -0.05) is 12.2 Å². The summed E-state index contributed by atoms with van der Waals surface area (Å²) in [5, 5.41) is 10.4. The van der Waals surface area contributed by atoms with Crippen molar-refractivity contribution in [2.45, 2.75) is 44.5 Å². The molecule has 0 heterocycles. The number of nitrogens with one attached hydrogen (secondary N) is 1. The smallest absolute Gasteiger partial charge is 0.407 e. The SMILES string of the molecule is C=C(CCCNC(=O)OC(C)(C)C)[C@H](S)C(=O)O. The monoisotopic (exact) mass is 275 g/mol. The lowest BCUT2D eigenvalue weighted by Gasteiger charge is -2.19. The Morgan fingerprint density at radius 2 is 2.00 bits per heavy atom. The highest BCUT2D eigenvalue weighted by Gasteiger charge is 2.17. The first-order valence-electron chi connectivity index (χ1n) is 5.69. The van der Waals surface area contributed by atoms with Crippen molar-refractivity contribution in [3.63, 3.8) is 0 Å². The summed E-state index contributed by atoms with van der Waals surface area (Å²) < 4.78 is 5.05. The topological polar surface area (TPSA) is 75.6 Å². The van der Waals surface area contributed by atoms with Gasteiger partial charge in [-0.15, -0.1) is 0 Å². The van der Waals surface area contributed by atoms with E-state index in [9.17, 15) is 9.59 Å². The maximum absolute atomic E-state index is 11.3. The van der Waals surface area contributed by atoms with Crippen molar-refractivity contribution in [2.75, 3.05) is 6.54 Å². The van der Waals surface area contributed by atoms with Crippen molar-refractivity contribution in [1.29, 1.82) is 0 Å². The van der Waals surface area contributed by atoms with Crippen molar-refractivity contribution in [2.24, 2.45) is 0 Å². The third-order valence-corrected chi connectivity index (χ3v) is 2.55. The second-order valence-electron chi connectivity index (χ2n) is 4.93. The molecule has 18 heavy (non-hydrogen) atoms. The van der Waals surface area contributed by atoms with E-state index in [-0.39, 0.29) is 0 Å². The largest absolute Gasteiger partial charge is 0.480 e. The highest BCUT2D eigenvalue weighted by Crippen LogP contribution is 2.13. The molecule has 0 fully saturated rings. The van der Waals surface area contributed by atoms with Crippen LogP contribution in [-0.2, 0) is 9.53 Å². The van der Waals surface area contributed by atoms with Crippen LogP contribution in [0.5, 0.6) is 0 Å². The molecule has 0 aromatic carbocycles. The third-order valence-electron chi connectivity index (χ3n) is 1.96. The summed E-state index contributed by atoms with van der Waals surface area (Å²) >= 11 is 3.91. The average molecular weight is 275 g/mol. The molecule has 104 valence electrons. The van der Waals surface area contributed by atoms with Gasteiger partial charge >= 0.3 is 12.1 Å². The molecule has 0 aromatic heterocycles. The van der Waals surface area contributed by atoms with Crippen LogP contribution in [0.15, 0.2) is 12.2 Å². The van der Waals surface area contributed by atoms with Crippen molar-refractivity contribution in [1.82, 2.24) is 5.32 Å². The van der Waals surface area contributed by atoms with Crippen LogP contribution in [0.4, 0.5) is 4.79 Å². The molecule has 5 nitrogen and oxygen atoms in total. The van der Waals surface area contributed by atoms with E-state index in [0.29, 0.717) is 25.0 Å². The minimum Gasteiger partial charge on any atom is -0.480 e. The van der Waals surface area contributed by atoms with E-state index in [2.05, 4.69) is 24.5 Å². The number of aliphatic carboxylic acids is 1. The molecule has 0 aliphatic rings. The van der Waals surface area contributed by atoms with E-state index < -0.39 is 22.9 Å². The highest BCUT2D eigenvalue weighted by atomic mass is 32.1. The molecule has 2 N–H and O–H groups in total. The van der Waals surface area contributed by atoms with Crippen LogP contribution < -0.4 is 5.32 Å². The maximum Gasteiger partial charge on any atom is 0.407 e. The number of hydrogen-bond acceptors (Lipinski definition) is 4. The number of carboxylic acids is 1. The van der Waals surface area contributed by atoms with Crippen LogP contribution in [0, 0.1) is 0 Å². The molecule has 0 spiro atoms. The predicted molar refractivity (Wildman–Crippen MR) is 73.0 cm³/mol. The molecule has 6 heteroatoms. The zero-order valence-electron chi connectivity index (χ0n) is 11.0. The number of hydrogen-bond donors (Lipinski definition) is 3. The van der Waals surface area contributed by atoms with Crippen molar-refractivity contribution in [3.05, 3.63) is 12.2 Å². The lowest BCUT2D eigenvalue weighted by Crippen LogP contribution is -2.33. The Morgan fingerprint density at radius 3 is 2.44 bits per heavy atom. The molecule has 0 aliphatic heterocycles. The standard InChI is InChI=1S/C12H21NO4S/c1-8(9(18)10(14)15)6-5-7-13-11(16)17-12(2,3)4/h9,18H,1,5-7H2,2-4H3,(H,13,16)(H,14,15)/t9-/m0/s1. The third kappa shape index (κ3) is 8.00. The molecular weight excluding hydrogens is 254 g/mol. The van der Waals surface area contributed by atoms with E-state index >= 15 is 0 Å². The Balaban J connectivity index is 3.78. The molecule has 0 unspecified atom stereocenters. The number of amides is 1. The van der Waals surface area contributed by atoms with Crippen LogP contribution in [0.1, 0.15) is 33.6 Å². The lowest BCUT2D eigenvalue weighted by molar-refractivity contribution is -0.135. The molecule has 0 bridgehead atoms. The molecule has 1 atom stereocenters. The Labute approximate surface area is 113 Å². The molecule has 0 aliphatic carbocycles. The molecule has 1 amide bonds. The summed E-state index contributed by atoms with van der Waals surface area (Å²) in [5.74, 6) is -1.01. The average Bonchev–Trinajstić information content (AvgIpc) is 2.20. The first-order valence-corrected chi connectivity index (χ1v) is 6.20. The van der Waals surface area contributed by atoms with E-state index in [1.54, 1.807) is 20.8 Å². The van der Waals surface area contributed by atoms with Crippen LogP contribution >= 0.6 is 12.6 Å². The van der Waals surface area contributed by atoms with Crippen LogP contribution in [0.25, 0.3) is 0 Å². The van der Waals surface area contributed by atoms with Gasteiger partial charge < -0.3 is 15.2 Å². The molecule has 0 saturated heterocycles. The van der Waals surface area contributed by atoms with Gasteiger partial charge in [0.2, 0.25) is 0 Å². The Kier molecular flexibility index (Phi) is 6.83. The Morgan fingerprint density at radius 1 is 1.44 bits per heavy atom. The van der Waals surface area contributed by atoms with Crippen molar-refractivity contribution in [3.8, 4) is 0 Å². The fourth-order valence-electron chi connectivity index (χ4n) is 1.13. The highest BCUT2D eigenvalue weighted by molar-refractivity contribution is 7.82. The number of rotatable bonds is 6. The predicted octanol–water partition coefficient (Wildman–Crippen LogP) is 2.23. The summed E-state index contributed by atoms with van der Waals surface area (Å²) in [4.78, 5) is 21.9. The van der Waals surface area contributed by atoms with Gasteiger partial charge in [-0.25, -0.2) is 4.79 Å². The molecule has 0 rings (SSSR count). The summed E-state index contributed by atoms with van der Waals surface area (Å²) in [5.41, 5.74) is 0.00418. The van der Waals surface area contributed by atoms with Gasteiger partial charge in [0.1, 0.15) is 10.9 Å². The van der Waals surface area contributed by atoms with Gasteiger partial charge in [0.25, 0.3) is 0 Å². The van der Waals surface area contributed by atoms with E-state index in [4.69, 9.17) is 9.84 Å². The molecule has 0 aromatic rings. The number of alkyl carbamates (subject to hydrolysis) is 1. The fraction of sp³-hybridized carbons (Fsp3) is 0.667. The van der Waals surface area contributed by atoms with E-state index in [0.717, 1.165) is 0 Å². The van der Waals surface area contributed by atoms with Crippen LogP contribution in [0.3, 0.4) is 0 Å². The summed E-state index contributed by atoms with van der Waals surface area (Å²) in [6, 6.07) is 0. The zero-order chi connectivity index (χ0) is 14.3. The van der Waals surface area contributed by atoms with Gasteiger partial charge in [-0.2, -0.15) is 12.6 Å². The number of thiol groups is 1. The Bertz CT molecular complexity index is 323. The van der Waals surface area contributed by atoms with Crippen LogP contribution in [0.2, 0.25) is 0 Å². The zero-order valence-corrected chi connectivity index (χ0v) is 11.9. The number of ether oxygens (including phenoxy) is 1. The molecule has 0 saturated carbocycles. The lowest BCUT2D eigenvalue weighted by atomic mass is 10.1. The minimum absolute atomic E-state index is 0.411. The molecule has 0 radical (unpaired) electrons.